The second-order valence-corrected chi connectivity index (χ2v) is 36.7. The van der Waals surface area contributed by atoms with Gasteiger partial charge in [0.1, 0.15) is 18.5 Å². The smallest absolute Gasteiger partial charge is 0.342 e. The summed E-state index contributed by atoms with van der Waals surface area (Å²) in [4.78, 5) is 127. The van der Waals surface area contributed by atoms with Gasteiger partial charge in [-0.15, -0.1) is 34.0 Å². The topological polar surface area (TPSA) is 271 Å². The third-order valence-corrected chi connectivity index (χ3v) is 29.6. The summed E-state index contributed by atoms with van der Waals surface area (Å²) >= 11 is 4.28. The van der Waals surface area contributed by atoms with Crippen LogP contribution in [0.2, 0.25) is 0 Å². The van der Waals surface area contributed by atoms with E-state index in [1.165, 1.54) is 81.6 Å². The molecule has 14 aromatic rings. The number of aromatic nitrogens is 3. The fourth-order valence-corrected chi connectivity index (χ4v) is 23.6. The van der Waals surface area contributed by atoms with Gasteiger partial charge in [-0.25, -0.2) is 40.7 Å². The number of carbonyl (C=O) groups is 6. The molecule has 0 radical (unpaired) electrons. The van der Waals surface area contributed by atoms with Gasteiger partial charge in [-0.2, -0.15) is 0 Å². The molecule has 36 heteroatoms. The Morgan fingerprint density at radius 2 is 0.638 bits per heavy atom. The summed E-state index contributed by atoms with van der Waals surface area (Å²) in [5, 5.41) is 11.1. The Hall–Kier alpha value is -15.5. The molecule has 3 fully saturated rings. The van der Waals surface area contributed by atoms with Gasteiger partial charge < -0.3 is 57.3 Å². The number of thiophene rings is 3. The standard InChI is InChI=1S/2C35H23F2N3O6S.C32H23F2N3O6S/c2*36-24-10-9-22-27(28(24)37)23-12-16-47-32(23)19-6-2-1-5-18(19)29(22)40-26-17-44-15-14-38(26)33(42)30-31(25(41)11-13-39(30)40)45-35-21-8-4-3-7-20(21)34(43)46-35;1-16-14-24(43-32(16)40)42-29-22(38)8-10-36-28(29)31(39)35-11-12-41-15-23(35)37(36)27-17-4-2-3-5-18(17)30-20(9-13-44-30)25-19(27)6-7-21(33)26(25)34/h2*1-13,16,26,29,35H,14-15,17H2;2-10,13-14,23-24,27H,11-12,15H2,1H3/t26-,29-,35?;;23-,24?,27-/m1.1/s1. The second-order valence-electron chi connectivity index (χ2n) is 34.0. The predicted molar refractivity (Wildman–Crippen MR) is 489 cm³/mol. The Balaban J connectivity index is 0.000000113. The number of benzene rings is 8. The molecule has 6 aromatic heterocycles. The zero-order valence-electron chi connectivity index (χ0n) is 71.9. The zero-order valence-corrected chi connectivity index (χ0v) is 74.4. The van der Waals surface area contributed by atoms with Crippen LogP contribution in [-0.2, 0) is 33.2 Å². The molecule has 3 saturated heterocycles. The first kappa shape index (κ1) is 85.4. The van der Waals surface area contributed by atoms with E-state index in [1.54, 1.807) is 116 Å². The molecule has 5 unspecified atom stereocenters. The summed E-state index contributed by atoms with van der Waals surface area (Å²) in [7, 11) is 0. The average molecular weight is 1920 g/mol. The molecule has 0 N–H and O–H groups in total. The van der Waals surface area contributed by atoms with E-state index >= 15 is 13.2 Å². The molecule has 3 amide bonds. The molecule has 690 valence electrons. The summed E-state index contributed by atoms with van der Waals surface area (Å²) in [6, 6.07) is 51.1. The third-order valence-electron chi connectivity index (χ3n) is 26.7. The fraction of sp³-hybridized carbons (Fsp3) is 0.186. The van der Waals surface area contributed by atoms with Crippen molar-refractivity contribution in [3.63, 3.8) is 0 Å². The SMILES string of the molecule is CC1=CC(Oc2c3n(ccc2=O)N([C@@H]2c4ccccc4-c4sccc4-c4c2ccc(F)c4F)[C@@H]2COCCN2C3=O)OC1=O.O=C1OC(Oc2c3n(ccc2=O)N(C2c4ccccc4-c4sccc4-c4c2ccc(F)c4F)C2COCCN2C3=O)c2ccccc21.O=C1OC(Oc2c3n(ccc2=O)N([C@@H]2c4ccccc4-c4sccc4-c4c2ccc(F)c4F)[C@@H]2COCCN2C3=O)c2ccccc21. The lowest BCUT2D eigenvalue weighted by Gasteiger charge is -2.51. The van der Waals surface area contributed by atoms with Crippen molar-refractivity contribution in [2.75, 3.05) is 74.3 Å². The zero-order chi connectivity index (χ0) is 94.2. The number of esters is 3. The van der Waals surface area contributed by atoms with Gasteiger partial charge in [0.15, 0.2) is 52.0 Å². The third kappa shape index (κ3) is 13.2. The number of hydrogen-bond donors (Lipinski definition) is 0. The van der Waals surface area contributed by atoms with E-state index in [2.05, 4.69) is 0 Å². The Kier molecular flexibility index (Phi) is 20.6. The minimum absolute atomic E-state index is 0.0784. The van der Waals surface area contributed by atoms with Crippen LogP contribution in [0.1, 0.15) is 134 Å². The largest absolute Gasteiger partial charge is 0.444 e. The van der Waals surface area contributed by atoms with Crippen molar-refractivity contribution in [3.8, 4) is 82.0 Å². The van der Waals surface area contributed by atoms with Crippen LogP contribution in [0.3, 0.4) is 0 Å². The lowest BCUT2D eigenvalue weighted by molar-refractivity contribution is -0.148. The van der Waals surface area contributed by atoms with Gasteiger partial charge in [0, 0.05) is 127 Å². The van der Waals surface area contributed by atoms with Crippen LogP contribution in [-0.4, -0.2) is 148 Å². The van der Waals surface area contributed by atoms with Crippen LogP contribution in [0, 0.1) is 34.9 Å². The summed E-state index contributed by atoms with van der Waals surface area (Å²) in [6.45, 7) is 3.30. The predicted octanol–water partition coefficient (Wildman–Crippen LogP) is 15.8. The molecule has 8 aromatic carbocycles. The number of fused-ring (bicyclic) bond motifs is 23. The lowest BCUT2D eigenvalue weighted by atomic mass is 9.92. The Labute approximate surface area is 788 Å². The number of amides is 3. The molecule has 0 bridgehead atoms. The molecule has 138 heavy (non-hydrogen) atoms. The van der Waals surface area contributed by atoms with Gasteiger partial charge in [-0.05, 0) is 122 Å². The van der Waals surface area contributed by atoms with Crippen LogP contribution in [0.15, 0.2) is 255 Å². The monoisotopic (exact) mass is 1920 g/mol. The van der Waals surface area contributed by atoms with Crippen molar-refractivity contribution >= 4 is 69.6 Å². The molecular weight excluding hydrogens is 1850 g/mol. The van der Waals surface area contributed by atoms with Gasteiger partial charge in [0.25, 0.3) is 36.6 Å². The maximum Gasteiger partial charge on any atom is 0.342 e. The molecular formula is C102H69F6N9O18S3. The van der Waals surface area contributed by atoms with E-state index < -0.39 is 142 Å². The highest BCUT2D eigenvalue weighted by Gasteiger charge is 2.53. The van der Waals surface area contributed by atoms with Crippen LogP contribution in [0.5, 0.6) is 17.2 Å². The first-order valence-corrected chi connectivity index (χ1v) is 46.5. The average Bonchev–Trinajstić information content (AvgIpc) is 1.36. The van der Waals surface area contributed by atoms with E-state index in [9.17, 15) is 56.3 Å². The van der Waals surface area contributed by atoms with Crippen molar-refractivity contribution in [3.05, 3.63) is 379 Å². The Morgan fingerprint density at radius 1 is 0.326 bits per heavy atom. The highest BCUT2D eigenvalue weighted by molar-refractivity contribution is 7.15. The normalized spacial score (nSPS) is 21.0. The summed E-state index contributed by atoms with van der Waals surface area (Å²) in [6.07, 6.45) is 0.0835. The van der Waals surface area contributed by atoms with Crippen molar-refractivity contribution in [1.29, 1.82) is 0 Å². The van der Waals surface area contributed by atoms with Crippen LogP contribution < -0.4 is 45.5 Å². The molecule has 3 aliphatic carbocycles. The van der Waals surface area contributed by atoms with E-state index in [0.717, 1.165) is 66.2 Å². The van der Waals surface area contributed by atoms with Crippen molar-refractivity contribution in [1.82, 2.24) is 28.7 Å². The molecule has 9 aliphatic heterocycles. The first-order valence-electron chi connectivity index (χ1n) is 43.9. The number of halogens is 6. The number of hydrogen-bond acceptors (Lipinski definition) is 24. The molecule has 0 saturated carbocycles. The molecule has 26 rings (SSSR count). The number of ether oxygens (including phenoxy) is 9. The van der Waals surface area contributed by atoms with Crippen LogP contribution >= 0.6 is 34.0 Å². The maximum absolute atomic E-state index is 16.0. The number of morpholine rings is 3. The van der Waals surface area contributed by atoms with Gasteiger partial charge in [-0.1, -0.05) is 127 Å². The van der Waals surface area contributed by atoms with Crippen molar-refractivity contribution in [2.24, 2.45) is 0 Å². The number of carbonyl (C=O) groups excluding carboxylic acids is 6. The number of cyclic esters (lactones) is 3. The Bertz CT molecular complexity index is 7540. The van der Waals surface area contributed by atoms with E-state index in [1.807, 2.05) is 104 Å². The van der Waals surface area contributed by atoms with E-state index in [4.69, 9.17) is 42.6 Å². The quantitative estimate of drug-likeness (QED) is 0.0738. The number of nitrogens with zero attached hydrogens (tertiary/aromatic N) is 9. The van der Waals surface area contributed by atoms with Gasteiger partial charge in [0.2, 0.25) is 33.5 Å². The summed E-state index contributed by atoms with van der Waals surface area (Å²) in [5.41, 5.74) is 8.08. The summed E-state index contributed by atoms with van der Waals surface area (Å²) < 4.78 is 149. The fourth-order valence-electron chi connectivity index (χ4n) is 20.7. The molecule has 15 heterocycles. The van der Waals surface area contributed by atoms with Crippen LogP contribution in [0.25, 0.3) is 64.7 Å². The van der Waals surface area contributed by atoms with Gasteiger partial charge in [0.05, 0.1) is 68.9 Å². The highest BCUT2D eigenvalue weighted by Crippen LogP contribution is 2.57. The lowest BCUT2D eigenvalue weighted by Crippen LogP contribution is -2.66. The minimum atomic E-state index is -1.26. The second kappa shape index (κ2) is 33.2. The first-order chi connectivity index (χ1) is 67.2. The van der Waals surface area contributed by atoms with Crippen LogP contribution in [0.4, 0.5) is 26.3 Å². The van der Waals surface area contributed by atoms with Gasteiger partial charge in [-0.3, -0.25) is 57.8 Å². The highest BCUT2D eigenvalue weighted by atomic mass is 32.1. The Morgan fingerprint density at radius 3 is 0.964 bits per heavy atom. The molecule has 9 atom stereocenters. The van der Waals surface area contributed by atoms with E-state index in [0.29, 0.717) is 61.2 Å². The molecule has 27 nitrogen and oxygen atoms in total. The number of rotatable bonds is 9. The molecule has 12 aliphatic rings. The molecule has 0 spiro atoms. The van der Waals surface area contributed by atoms with Gasteiger partial charge >= 0.3 is 17.9 Å². The van der Waals surface area contributed by atoms with Crippen molar-refractivity contribution < 1.29 is 97.7 Å². The summed E-state index contributed by atoms with van der Waals surface area (Å²) in [5.74, 6) is -9.98. The maximum atomic E-state index is 16.0. The number of pyridine rings is 3. The van der Waals surface area contributed by atoms with E-state index in [-0.39, 0.29) is 110 Å². The minimum Gasteiger partial charge on any atom is -0.444 e. The van der Waals surface area contributed by atoms with Crippen molar-refractivity contribution in [2.45, 2.75) is 62.4 Å².